The minimum absolute atomic E-state index is 0.148. The smallest absolute Gasteiger partial charge is 0.291 e. The van der Waals surface area contributed by atoms with Crippen LogP contribution < -0.4 is 5.32 Å². The van der Waals surface area contributed by atoms with Crippen LogP contribution >= 0.6 is 0 Å². The van der Waals surface area contributed by atoms with Crippen molar-refractivity contribution in [2.45, 2.75) is 52.1 Å². The summed E-state index contributed by atoms with van der Waals surface area (Å²) in [5.74, 6) is 2.27. The van der Waals surface area contributed by atoms with Crippen molar-refractivity contribution in [1.82, 2.24) is 35.3 Å². The van der Waals surface area contributed by atoms with Gasteiger partial charge in [-0.2, -0.15) is 0 Å². The van der Waals surface area contributed by atoms with Gasteiger partial charge < -0.3 is 9.88 Å². The summed E-state index contributed by atoms with van der Waals surface area (Å²) in [6.45, 7) is 4.57. The van der Waals surface area contributed by atoms with E-state index in [1.165, 1.54) is 6.42 Å². The molecule has 0 saturated heterocycles. The number of hydrogen-bond acceptors (Lipinski definition) is 5. The number of aromatic amines is 1. The lowest BCUT2D eigenvalue weighted by atomic mass is 10.2. The molecule has 112 valence electrons. The van der Waals surface area contributed by atoms with Crippen molar-refractivity contribution < 1.29 is 4.79 Å². The molecule has 1 aliphatic heterocycles. The number of H-pyrrole nitrogens is 1. The molecule has 1 amide bonds. The van der Waals surface area contributed by atoms with Crippen LogP contribution in [0.4, 0.5) is 0 Å². The van der Waals surface area contributed by atoms with E-state index in [2.05, 4.69) is 35.3 Å². The number of hydrogen-bond donors (Lipinski definition) is 2. The predicted octanol–water partition coefficient (Wildman–Crippen LogP) is 0.922. The van der Waals surface area contributed by atoms with Crippen molar-refractivity contribution in [1.29, 1.82) is 0 Å². The zero-order valence-electron chi connectivity index (χ0n) is 12.3. The molecule has 0 fully saturated rings. The summed E-state index contributed by atoms with van der Waals surface area (Å²) in [4.78, 5) is 16.1. The van der Waals surface area contributed by atoms with E-state index >= 15 is 0 Å². The van der Waals surface area contributed by atoms with Crippen LogP contribution in [0.3, 0.4) is 0 Å². The van der Waals surface area contributed by atoms with Crippen LogP contribution in [0.15, 0.2) is 0 Å². The molecule has 0 aliphatic carbocycles. The zero-order chi connectivity index (χ0) is 14.8. The zero-order valence-corrected chi connectivity index (χ0v) is 12.3. The summed E-state index contributed by atoms with van der Waals surface area (Å²) >= 11 is 0. The highest BCUT2D eigenvalue weighted by molar-refractivity contribution is 5.90. The Balaban J connectivity index is 1.75. The fraction of sp³-hybridized carbons (Fsp3) is 0.615. The molecule has 0 saturated carbocycles. The molecule has 1 unspecified atom stereocenters. The third kappa shape index (κ3) is 2.79. The molecule has 2 aromatic heterocycles. The first-order chi connectivity index (χ1) is 10.1. The van der Waals surface area contributed by atoms with E-state index < -0.39 is 0 Å². The minimum Gasteiger partial charge on any atom is -0.340 e. The number of amides is 1. The van der Waals surface area contributed by atoms with Gasteiger partial charge in [0.2, 0.25) is 5.82 Å². The molecule has 3 rings (SSSR count). The Labute approximate surface area is 122 Å². The van der Waals surface area contributed by atoms with Crippen molar-refractivity contribution in [3.8, 4) is 0 Å². The Morgan fingerprint density at radius 3 is 2.95 bits per heavy atom. The van der Waals surface area contributed by atoms with Crippen LogP contribution in [0, 0.1) is 6.92 Å². The molecule has 0 spiro atoms. The molecule has 8 nitrogen and oxygen atoms in total. The number of carbonyl (C=O) groups is 1. The van der Waals surface area contributed by atoms with E-state index in [1.807, 2.05) is 6.92 Å². The van der Waals surface area contributed by atoms with Gasteiger partial charge in [0.25, 0.3) is 5.91 Å². The van der Waals surface area contributed by atoms with Crippen LogP contribution in [0.5, 0.6) is 0 Å². The van der Waals surface area contributed by atoms with Gasteiger partial charge in [-0.3, -0.25) is 9.89 Å². The van der Waals surface area contributed by atoms with Gasteiger partial charge >= 0.3 is 0 Å². The van der Waals surface area contributed by atoms with Crippen LogP contribution in [0.1, 0.15) is 60.3 Å². The quantitative estimate of drug-likeness (QED) is 0.875. The van der Waals surface area contributed by atoms with Gasteiger partial charge in [-0.25, -0.2) is 4.98 Å². The predicted molar refractivity (Wildman–Crippen MR) is 74.6 cm³/mol. The number of fused-ring (bicyclic) bond motifs is 1. The van der Waals surface area contributed by atoms with E-state index in [-0.39, 0.29) is 17.8 Å². The van der Waals surface area contributed by atoms with E-state index in [1.54, 1.807) is 6.92 Å². The molecule has 0 radical (unpaired) electrons. The van der Waals surface area contributed by atoms with E-state index in [0.29, 0.717) is 5.82 Å². The van der Waals surface area contributed by atoms with Gasteiger partial charge in [-0.15, -0.1) is 15.3 Å². The van der Waals surface area contributed by atoms with Crippen molar-refractivity contribution >= 4 is 5.91 Å². The Kier molecular flexibility index (Phi) is 3.68. The maximum Gasteiger partial charge on any atom is 0.291 e. The number of nitrogens with one attached hydrogen (secondary N) is 2. The van der Waals surface area contributed by atoms with E-state index in [0.717, 1.165) is 37.5 Å². The minimum atomic E-state index is -0.308. The summed E-state index contributed by atoms with van der Waals surface area (Å²) in [6.07, 6.45) is 4.43. The average Bonchev–Trinajstić information content (AvgIpc) is 2.99. The van der Waals surface area contributed by atoms with Crippen LogP contribution in [-0.4, -0.2) is 35.9 Å². The molecule has 0 bridgehead atoms. The Morgan fingerprint density at radius 2 is 2.19 bits per heavy atom. The largest absolute Gasteiger partial charge is 0.340 e. The molecule has 21 heavy (non-hydrogen) atoms. The average molecular weight is 289 g/mol. The lowest BCUT2D eigenvalue weighted by Crippen LogP contribution is -2.29. The van der Waals surface area contributed by atoms with Crippen molar-refractivity contribution in [3.63, 3.8) is 0 Å². The summed E-state index contributed by atoms with van der Waals surface area (Å²) in [5, 5.41) is 17.9. The standard InChI is InChI=1S/C13H19N7O/c1-8(14-13(21)11-15-9(2)16-18-11)12-19-17-10-6-4-3-5-7-20(10)12/h8H,3-7H2,1-2H3,(H,14,21)(H,15,16,18). The summed E-state index contributed by atoms with van der Waals surface area (Å²) in [7, 11) is 0. The second-order valence-corrected chi connectivity index (χ2v) is 5.38. The first-order valence-corrected chi connectivity index (χ1v) is 7.27. The number of carbonyl (C=O) groups excluding carboxylic acids is 1. The highest BCUT2D eigenvalue weighted by Crippen LogP contribution is 2.18. The monoisotopic (exact) mass is 289 g/mol. The highest BCUT2D eigenvalue weighted by Gasteiger charge is 2.22. The maximum atomic E-state index is 12.1. The highest BCUT2D eigenvalue weighted by atomic mass is 16.2. The van der Waals surface area contributed by atoms with Crippen molar-refractivity contribution in [3.05, 3.63) is 23.3 Å². The molecule has 0 aromatic carbocycles. The van der Waals surface area contributed by atoms with Crippen LogP contribution in [0.2, 0.25) is 0 Å². The summed E-state index contributed by atoms with van der Waals surface area (Å²) in [6, 6.07) is -0.226. The Hall–Kier alpha value is -2.25. The molecule has 8 heteroatoms. The molecule has 3 heterocycles. The van der Waals surface area contributed by atoms with Gasteiger partial charge in [0.15, 0.2) is 5.82 Å². The summed E-state index contributed by atoms with van der Waals surface area (Å²) < 4.78 is 2.13. The molecule has 2 N–H and O–H groups in total. The molecular weight excluding hydrogens is 270 g/mol. The fourth-order valence-corrected chi connectivity index (χ4v) is 2.60. The number of aromatic nitrogens is 6. The normalized spacial score (nSPS) is 16.1. The lowest BCUT2D eigenvalue weighted by molar-refractivity contribution is 0.0927. The molecular formula is C13H19N7O. The van der Waals surface area contributed by atoms with Gasteiger partial charge in [-0.05, 0) is 26.7 Å². The molecule has 1 atom stereocenters. The van der Waals surface area contributed by atoms with Crippen molar-refractivity contribution in [2.75, 3.05) is 0 Å². The Bertz CT molecular complexity index is 645. The fourth-order valence-electron chi connectivity index (χ4n) is 2.60. The second kappa shape index (κ2) is 5.63. The second-order valence-electron chi connectivity index (χ2n) is 5.38. The SMILES string of the molecule is Cc1nc(C(=O)NC(C)c2nnc3n2CCCCC3)n[nH]1. The molecule has 2 aromatic rings. The van der Waals surface area contributed by atoms with Gasteiger partial charge in [0, 0.05) is 13.0 Å². The van der Waals surface area contributed by atoms with Crippen LogP contribution in [0.25, 0.3) is 0 Å². The molecule has 1 aliphatic rings. The maximum absolute atomic E-state index is 12.1. The van der Waals surface area contributed by atoms with Crippen molar-refractivity contribution in [2.24, 2.45) is 0 Å². The first-order valence-electron chi connectivity index (χ1n) is 7.27. The number of nitrogens with zero attached hydrogens (tertiary/aromatic N) is 5. The van der Waals surface area contributed by atoms with Crippen LogP contribution in [-0.2, 0) is 13.0 Å². The number of aryl methyl sites for hydroxylation is 2. The van der Waals surface area contributed by atoms with Gasteiger partial charge in [0.05, 0.1) is 6.04 Å². The topological polar surface area (TPSA) is 101 Å². The summed E-state index contributed by atoms with van der Waals surface area (Å²) in [5.41, 5.74) is 0. The Morgan fingerprint density at radius 1 is 1.33 bits per heavy atom. The lowest BCUT2D eigenvalue weighted by Gasteiger charge is -2.14. The van der Waals surface area contributed by atoms with E-state index in [4.69, 9.17) is 0 Å². The first kappa shape index (κ1) is 13.7. The van der Waals surface area contributed by atoms with E-state index in [9.17, 15) is 4.79 Å². The third-order valence-corrected chi connectivity index (χ3v) is 3.67. The third-order valence-electron chi connectivity index (χ3n) is 3.67. The van der Waals surface area contributed by atoms with Gasteiger partial charge in [-0.1, -0.05) is 6.42 Å². The number of rotatable bonds is 3. The van der Waals surface area contributed by atoms with Gasteiger partial charge in [0.1, 0.15) is 11.6 Å².